The van der Waals surface area contributed by atoms with Gasteiger partial charge in [0.15, 0.2) is 6.61 Å². The number of amides is 1. The summed E-state index contributed by atoms with van der Waals surface area (Å²) in [6, 6.07) is 8.05. The lowest BCUT2D eigenvalue weighted by Crippen LogP contribution is -2.20. The van der Waals surface area contributed by atoms with Crippen molar-refractivity contribution in [3.8, 4) is 11.5 Å². The number of anilines is 1. The summed E-state index contributed by atoms with van der Waals surface area (Å²) in [4.78, 5) is 23.5. The highest BCUT2D eigenvalue weighted by atomic mass is 16.5. The second kappa shape index (κ2) is 7.35. The molecule has 0 unspecified atom stereocenters. The molecule has 2 rings (SSSR count). The Morgan fingerprint density at radius 2 is 1.74 bits per heavy atom. The third-order valence-corrected chi connectivity index (χ3v) is 2.91. The standard InChI is InChI=1S/C16H17NO6/c1-10-4-5-14(23-10)16(19)22-9-15(18)17-11-6-12(20-2)8-13(7-11)21-3/h4-8H,9H2,1-3H3,(H,17,18). The normalized spacial score (nSPS) is 10.0. The minimum absolute atomic E-state index is 0.0540. The molecule has 0 spiro atoms. The maximum Gasteiger partial charge on any atom is 0.374 e. The highest BCUT2D eigenvalue weighted by Gasteiger charge is 2.14. The Morgan fingerprint density at radius 1 is 1.09 bits per heavy atom. The third kappa shape index (κ3) is 4.50. The fourth-order valence-electron chi connectivity index (χ4n) is 1.82. The van der Waals surface area contributed by atoms with Gasteiger partial charge in [0.05, 0.1) is 14.2 Å². The lowest BCUT2D eigenvalue weighted by molar-refractivity contribution is -0.119. The molecule has 7 heteroatoms. The maximum atomic E-state index is 11.9. The quantitative estimate of drug-likeness (QED) is 0.823. The van der Waals surface area contributed by atoms with Gasteiger partial charge in [0.25, 0.3) is 5.91 Å². The van der Waals surface area contributed by atoms with Crippen LogP contribution in [0.25, 0.3) is 0 Å². The minimum Gasteiger partial charge on any atom is -0.497 e. The van der Waals surface area contributed by atoms with E-state index in [-0.39, 0.29) is 5.76 Å². The Morgan fingerprint density at radius 3 is 2.26 bits per heavy atom. The number of ether oxygens (including phenoxy) is 3. The number of carbonyl (C=O) groups excluding carboxylic acids is 2. The van der Waals surface area contributed by atoms with Crippen molar-refractivity contribution in [3.63, 3.8) is 0 Å². The molecule has 0 atom stereocenters. The zero-order valence-electron chi connectivity index (χ0n) is 13.0. The van der Waals surface area contributed by atoms with E-state index in [0.29, 0.717) is 22.9 Å². The van der Waals surface area contributed by atoms with Crippen molar-refractivity contribution in [1.82, 2.24) is 0 Å². The van der Waals surface area contributed by atoms with E-state index in [4.69, 9.17) is 18.6 Å². The Balaban J connectivity index is 1.93. The maximum absolute atomic E-state index is 11.9. The number of carbonyl (C=O) groups is 2. The van der Waals surface area contributed by atoms with E-state index in [1.807, 2.05) is 0 Å². The first-order chi connectivity index (χ1) is 11.0. The molecule has 0 aliphatic carbocycles. The number of rotatable bonds is 6. The van der Waals surface area contributed by atoms with E-state index in [1.165, 1.54) is 20.3 Å². The zero-order valence-corrected chi connectivity index (χ0v) is 13.0. The first-order valence-corrected chi connectivity index (χ1v) is 6.78. The molecule has 0 saturated heterocycles. The summed E-state index contributed by atoms with van der Waals surface area (Å²) in [7, 11) is 3.01. The molecule has 7 nitrogen and oxygen atoms in total. The molecule has 0 aliphatic heterocycles. The second-order valence-corrected chi connectivity index (χ2v) is 4.64. The molecule has 23 heavy (non-hydrogen) atoms. The van der Waals surface area contributed by atoms with Crippen LogP contribution in [0, 0.1) is 6.92 Å². The summed E-state index contributed by atoms with van der Waals surface area (Å²) in [5, 5.41) is 2.60. The summed E-state index contributed by atoms with van der Waals surface area (Å²) in [6.45, 7) is 1.28. The van der Waals surface area contributed by atoms with Crippen molar-refractivity contribution in [3.05, 3.63) is 41.9 Å². The van der Waals surface area contributed by atoms with E-state index >= 15 is 0 Å². The number of methoxy groups -OCH3 is 2. The fraction of sp³-hybridized carbons (Fsp3) is 0.250. The van der Waals surface area contributed by atoms with Crippen molar-refractivity contribution >= 4 is 17.6 Å². The van der Waals surface area contributed by atoms with Gasteiger partial charge in [0.2, 0.25) is 5.76 Å². The van der Waals surface area contributed by atoms with Gasteiger partial charge >= 0.3 is 5.97 Å². The number of benzene rings is 1. The van der Waals surface area contributed by atoms with Crippen LogP contribution in [-0.4, -0.2) is 32.7 Å². The van der Waals surface area contributed by atoms with Crippen LogP contribution in [-0.2, 0) is 9.53 Å². The fourth-order valence-corrected chi connectivity index (χ4v) is 1.82. The van der Waals surface area contributed by atoms with Gasteiger partial charge < -0.3 is 23.9 Å². The van der Waals surface area contributed by atoms with Crippen LogP contribution in [0.4, 0.5) is 5.69 Å². The highest BCUT2D eigenvalue weighted by Crippen LogP contribution is 2.25. The number of nitrogens with one attached hydrogen (secondary N) is 1. The molecule has 122 valence electrons. The van der Waals surface area contributed by atoms with Crippen LogP contribution in [0.1, 0.15) is 16.3 Å². The topological polar surface area (TPSA) is 87.0 Å². The van der Waals surface area contributed by atoms with Crippen LogP contribution in [0.5, 0.6) is 11.5 Å². The molecule has 1 aromatic carbocycles. The SMILES string of the molecule is COc1cc(NC(=O)COC(=O)c2ccc(C)o2)cc(OC)c1. The number of hydrogen-bond acceptors (Lipinski definition) is 6. The third-order valence-electron chi connectivity index (χ3n) is 2.91. The van der Waals surface area contributed by atoms with Crippen molar-refractivity contribution in [2.24, 2.45) is 0 Å². The Hall–Kier alpha value is -2.96. The van der Waals surface area contributed by atoms with Crippen LogP contribution >= 0.6 is 0 Å². The molecule has 2 aromatic rings. The molecule has 0 aliphatic rings. The molecule has 0 bridgehead atoms. The smallest absolute Gasteiger partial charge is 0.374 e. The number of aryl methyl sites for hydroxylation is 1. The van der Waals surface area contributed by atoms with Crippen molar-refractivity contribution in [2.45, 2.75) is 6.92 Å². The number of hydrogen-bond donors (Lipinski definition) is 1. The summed E-state index contributed by atoms with van der Waals surface area (Å²) in [6.07, 6.45) is 0. The summed E-state index contributed by atoms with van der Waals surface area (Å²) in [5.74, 6) is 0.516. The van der Waals surface area contributed by atoms with Crippen molar-refractivity contribution in [2.75, 3.05) is 26.1 Å². The minimum atomic E-state index is -0.698. The zero-order chi connectivity index (χ0) is 16.8. The Bertz CT molecular complexity index is 684. The van der Waals surface area contributed by atoms with Crippen LogP contribution in [0.15, 0.2) is 34.7 Å². The van der Waals surface area contributed by atoms with Crippen molar-refractivity contribution in [1.29, 1.82) is 0 Å². The summed E-state index contributed by atoms with van der Waals surface area (Å²) < 4.78 is 20.2. The van der Waals surface area contributed by atoms with E-state index in [0.717, 1.165) is 0 Å². The van der Waals surface area contributed by atoms with E-state index in [2.05, 4.69) is 5.32 Å². The van der Waals surface area contributed by atoms with E-state index in [1.54, 1.807) is 31.2 Å². The lowest BCUT2D eigenvalue weighted by atomic mass is 10.2. The highest BCUT2D eigenvalue weighted by molar-refractivity contribution is 5.94. The molecule has 1 aromatic heterocycles. The first-order valence-electron chi connectivity index (χ1n) is 6.78. The number of esters is 1. The van der Waals surface area contributed by atoms with Gasteiger partial charge in [-0.05, 0) is 19.1 Å². The van der Waals surface area contributed by atoms with E-state index < -0.39 is 18.5 Å². The predicted octanol–water partition coefficient (Wildman–Crippen LogP) is 2.40. The Labute approximate surface area is 133 Å². The van der Waals surface area contributed by atoms with Gasteiger partial charge in [-0.2, -0.15) is 0 Å². The van der Waals surface area contributed by atoms with Gasteiger partial charge in [-0.25, -0.2) is 4.79 Å². The van der Waals surface area contributed by atoms with Crippen LogP contribution in [0.2, 0.25) is 0 Å². The van der Waals surface area contributed by atoms with Gasteiger partial charge in [-0.3, -0.25) is 4.79 Å². The Kier molecular flexibility index (Phi) is 5.24. The largest absolute Gasteiger partial charge is 0.497 e. The predicted molar refractivity (Wildman–Crippen MR) is 81.9 cm³/mol. The first kappa shape index (κ1) is 16.4. The molecule has 1 N–H and O–H groups in total. The molecule has 1 amide bonds. The molecule has 0 fully saturated rings. The summed E-state index contributed by atoms with van der Waals surface area (Å²) >= 11 is 0. The molecule has 0 radical (unpaired) electrons. The van der Waals surface area contributed by atoms with Gasteiger partial charge in [-0.1, -0.05) is 0 Å². The second-order valence-electron chi connectivity index (χ2n) is 4.64. The lowest BCUT2D eigenvalue weighted by Gasteiger charge is -2.10. The average Bonchev–Trinajstić information content (AvgIpc) is 2.98. The summed E-state index contributed by atoms with van der Waals surface area (Å²) in [5.41, 5.74) is 0.469. The van der Waals surface area contributed by atoms with Gasteiger partial charge in [-0.15, -0.1) is 0 Å². The van der Waals surface area contributed by atoms with Gasteiger partial charge in [0, 0.05) is 23.9 Å². The van der Waals surface area contributed by atoms with Gasteiger partial charge in [0.1, 0.15) is 17.3 Å². The molecule has 0 saturated carbocycles. The molecule has 1 heterocycles. The van der Waals surface area contributed by atoms with E-state index in [9.17, 15) is 9.59 Å². The van der Waals surface area contributed by atoms with Crippen LogP contribution < -0.4 is 14.8 Å². The van der Waals surface area contributed by atoms with Crippen molar-refractivity contribution < 1.29 is 28.2 Å². The monoisotopic (exact) mass is 319 g/mol. The van der Waals surface area contributed by atoms with Crippen LogP contribution in [0.3, 0.4) is 0 Å². The molecular weight excluding hydrogens is 302 g/mol. The average molecular weight is 319 g/mol. The molecular formula is C16H17NO6. The number of furan rings is 1.